The fourth-order valence-corrected chi connectivity index (χ4v) is 2.82. The second-order valence-corrected chi connectivity index (χ2v) is 11.6. The molecule has 1 rings (SSSR count). The standard InChI is InChI=1S/C14H22O.C11H20O2.C3H6O2S/c1-13(2,3)10-8-7-9-11(12(10)15)14(4,5)6;1-4-11(12)13-9-7-5-6-8-10(2)3;1-2(6)3(4)5/h7-9,15H,1-6H3;4,10H,1,5-9H2,2-3H3;2,6H,1H3,(H,4,5). The maximum atomic E-state index is 10.6. The van der Waals surface area contributed by atoms with E-state index in [2.05, 4.69) is 74.6 Å². The van der Waals surface area contributed by atoms with Crippen LogP contribution >= 0.6 is 12.6 Å². The second-order valence-electron chi connectivity index (χ2n) is 10.8. The molecule has 1 unspecified atom stereocenters. The summed E-state index contributed by atoms with van der Waals surface area (Å²) in [5.74, 6) is 0.0374. The van der Waals surface area contributed by atoms with Gasteiger partial charge in [0.2, 0.25) is 0 Å². The van der Waals surface area contributed by atoms with Crippen LogP contribution in [0, 0.1) is 5.92 Å². The van der Waals surface area contributed by atoms with Gasteiger partial charge in [0, 0.05) is 6.08 Å². The molecule has 2 N–H and O–H groups in total. The van der Waals surface area contributed by atoms with E-state index in [1.54, 1.807) is 0 Å². The molecule has 0 amide bonds. The van der Waals surface area contributed by atoms with E-state index < -0.39 is 11.2 Å². The van der Waals surface area contributed by atoms with Gasteiger partial charge in [0.1, 0.15) is 5.75 Å². The van der Waals surface area contributed by atoms with Crippen molar-refractivity contribution in [3.05, 3.63) is 42.0 Å². The molecule has 0 aromatic heterocycles. The number of para-hydroxylation sites is 1. The molecule has 0 heterocycles. The van der Waals surface area contributed by atoms with E-state index in [-0.39, 0.29) is 16.8 Å². The van der Waals surface area contributed by atoms with Crippen LogP contribution < -0.4 is 0 Å². The van der Waals surface area contributed by atoms with E-state index >= 15 is 0 Å². The highest BCUT2D eigenvalue weighted by Crippen LogP contribution is 2.38. The van der Waals surface area contributed by atoms with Gasteiger partial charge < -0.3 is 14.9 Å². The van der Waals surface area contributed by atoms with E-state index in [4.69, 9.17) is 9.84 Å². The Balaban J connectivity index is 0. The Hall–Kier alpha value is -1.95. The maximum absolute atomic E-state index is 10.6. The number of carboxylic acid groups (broad SMARTS) is 1. The highest BCUT2D eigenvalue weighted by molar-refractivity contribution is 7.81. The van der Waals surface area contributed by atoms with E-state index in [9.17, 15) is 14.7 Å². The number of aromatic hydroxyl groups is 1. The van der Waals surface area contributed by atoms with Crippen molar-refractivity contribution in [3.8, 4) is 5.75 Å². The Morgan fingerprint density at radius 3 is 1.76 bits per heavy atom. The van der Waals surface area contributed by atoms with E-state index in [0.29, 0.717) is 12.4 Å². The Labute approximate surface area is 213 Å². The average molecular weight is 497 g/mol. The van der Waals surface area contributed by atoms with Crippen molar-refractivity contribution in [1.29, 1.82) is 0 Å². The molecule has 1 aromatic carbocycles. The third-order valence-corrected chi connectivity index (χ3v) is 5.07. The van der Waals surface area contributed by atoms with Crippen LogP contribution in [0.1, 0.15) is 99.1 Å². The van der Waals surface area contributed by atoms with Crippen LogP contribution in [0.4, 0.5) is 0 Å². The van der Waals surface area contributed by atoms with Gasteiger partial charge in [0.25, 0.3) is 0 Å². The van der Waals surface area contributed by atoms with Gasteiger partial charge in [-0.1, -0.05) is 99.4 Å². The largest absolute Gasteiger partial charge is 0.507 e. The summed E-state index contributed by atoms with van der Waals surface area (Å²) in [5, 5.41) is 17.6. The maximum Gasteiger partial charge on any atom is 0.330 e. The molecular weight excluding hydrogens is 448 g/mol. The molecular formula is C28H48O5S. The first-order valence-corrected chi connectivity index (χ1v) is 12.5. The van der Waals surface area contributed by atoms with Crippen LogP contribution in [0.3, 0.4) is 0 Å². The first kappa shape index (κ1) is 34.2. The minimum atomic E-state index is -0.877. The molecule has 0 radical (unpaired) electrons. The Bertz CT molecular complexity index is 708. The smallest absolute Gasteiger partial charge is 0.330 e. The quantitative estimate of drug-likeness (QED) is 0.152. The van der Waals surface area contributed by atoms with Gasteiger partial charge >= 0.3 is 11.9 Å². The van der Waals surface area contributed by atoms with Gasteiger partial charge in [0.05, 0.1) is 11.9 Å². The van der Waals surface area contributed by atoms with Gasteiger partial charge in [-0.15, -0.1) is 0 Å². The summed E-state index contributed by atoms with van der Waals surface area (Å²) in [5.41, 5.74) is 2.03. The summed E-state index contributed by atoms with van der Waals surface area (Å²) in [4.78, 5) is 20.2. The summed E-state index contributed by atoms with van der Waals surface area (Å²) < 4.78 is 4.84. The number of thiol groups is 1. The normalized spacial score (nSPS) is 12.0. The number of benzene rings is 1. The molecule has 0 bridgehead atoms. The Kier molecular flexibility index (Phi) is 16.7. The van der Waals surface area contributed by atoms with Crippen LogP contribution in [0.25, 0.3) is 0 Å². The number of unbranched alkanes of at least 4 members (excludes halogenated alkanes) is 2. The van der Waals surface area contributed by atoms with Gasteiger partial charge in [0.15, 0.2) is 0 Å². The summed E-state index contributed by atoms with van der Waals surface area (Å²) in [6.45, 7) is 22.5. The van der Waals surface area contributed by atoms with Crippen LogP contribution in [0.15, 0.2) is 30.9 Å². The summed E-state index contributed by atoms with van der Waals surface area (Å²) in [6, 6.07) is 6.04. The SMILES string of the molecule is C=CC(=O)OCCCCCC(C)C.CC(C)(C)c1cccc(C(C)(C)C)c1O.CC(S)C(=O)O. The predicted molar refractivity (Wildman–Crippen MR) is 146 cm³/mol. The van der Waals surface area contributed by atoms with E-state index in [1.165, 1.54) is 25.8 Å². The number of carboxylic acids is 1. The molecule has 0 saturated carbocycles. The van der Waals surface area contributed by atoms with Crippen LogP contribution in [0.5, 0.6) is 5.75 Å². The van der Waals surface area contributed by atoms with Crippen molar-refractivity contribution >= 4 is 24.6 Å². The molecule has 6 heteroatoms. The fraction of sp³-hybridized carbons (Fsp3) is 0.643. The molecule has 0 aliphatic heterocycles. The third-order valence-electron chi connectivity index (χ3n) is 4.85. The van der Waals surface area contributed by atoms with Crippen molar-refractivity contribution in [2.45, 2.75) is 104 Å². The van der Waals surface area contributed by atoms with Gasteiger partial charge in [-0.25, -0.2) is 4.79 Å². The summed E-state index contributed by atoms with van der Waals surface area (Å²) in [6.07, 6.45) is 5.79. The van der Waals surface area contributed by atoms with Crippen LogP contribution in [-0.2, 0) is 25.2 Å². The molecule has 5 nitrogen and oxygen atoms in total. The number of hydrogen-bond acceptors (Lipinski definition) is 5. The third kappa shape index (κ3) is 16.6. The Morgan fingerprint density at radius 1 is 1.00 bits per heavy atom. The minimum absolute atomic E-state index is 0.00859. The van der Waals surface area contributed by atoms with Gasteiger partial charge in [-0.05, 0) is 41.2 Å². The number of aliphatic carboxylic acids is 1. The highest BCUT2D eigenvalue weighted by atomic mass is 32.1. The zero-order valence-corrected chi connectivity index (χ0v) is 23.7. The number of carbonyl (C=O) groups excluding carboxylic acids is 1. The zero-order chi connectivity index (χ0) is 27.1. The lowest BCUT2D eigenvalue weighted by Gasteiger charge is -2.26. The minimum Gasteiger partial charge on any atom is -0.507 e. The van der Waals surface area contributed by atoms with E-state index in [0.717, 1.165) is 29.9 Å². The molecule has 0 saturated heterocycles. The van der Waals surface area contributed by atoms with Crippen molar-refractivity contribution < 1.29 is 24.5 Å². The van der Waals surface area contributed by atoms with Gasteiger partial charge in [-0.2, -0.15) is 12.6 Å². The topological polar surface area (TPSA) is 83.8 Å². The predicted octanol–water partition coefficient (Wildman–Crippen LogP) is 7.31. The van der Waals surface area contributed by atoms with Crippen molar-refractivity contribution in [3.63, 3.8) is 0 Å². The highest BCUT2D eigenvalue weighted by Gasteiger charge is 2.24. The van der Waals surface area contributed by atoms with Crippen LogP contribution in [-0.4, -0.2) is 34.0 Å². The number of esters is 1. The number of hydrogen-bond donors (Lipinski definition) is 3. The molecule has 0 fully saturated rings. The number of ether oxygens (including phenoxy) is 1. The first-order valence-electron chi connectivity index (χ1n) is 12.0. The lowest BCUT2D eigenvalue weighted by molar-refractivity contribution is -0.138. The van der Waals surface area contributed by atoms with Crippen LogP contribution in [0.2, 0.25) is 0 Å². The second kappa shape index (κ2) is 16.6. The molecule has 1 aromatic rings. The molecule has 0 aliphatic rings. The van der Waals surface area contributed by atoms with E-state index in [1.807, 2.05) is 18.2 Å². The zero-order valence-electron chi connectivity index (χ0n) is 22.8. The molecule has 196 valence electrons. The molecule has 0 spiro atoms. The molecule has 0 aliphatic carbocycles. The molecule has 1 atom stereocenters. The van der Waals surface area contributed by atoms with Gasteiger partial charge in [-0.3, -0.25) is 4.79 Å². The average Bonchev–Trinajstić information content (AvgIpc) is 2.69. The van der Waals surface area contributed by atoms with Crippen molar-refractivity contribution in [1.82, 2.24) is 0 Å². The van der Waals surface area contributed by atoms with Crippen molar-refractivity contribution in [2.24, 2.45) is 5.92 Å². The number of rotatable bonds is 8. The number of phenolic OH excluding ortho intramolecular Hbond substituents is 1. The lowest BCUT2D eigenvalue weighted by atomic mass is 9.80. The van der Waals surface area contributed by atoms with Crippen molar-refractivity contribution in [2.75, 3.05) is 6.61 Å². The molecule has 34 heavy (non-hydrogen) atoms. The first-order chi connectivity index (χ1) is 15.4. The number of carbonyl (C=O) groups is 2. The summed E-state index contributed by atoms with van der Waals surface area (Å²) >= 11 is 3.59. The Morgan fingerprint density at radius 2 is 1.44 bits per heavy atom. The fourth-order valence-electron chi connectivity index (χ4n) is 2.82. The number of phenols is 1. The monoisotopic (exact) mass is 496 g/mol. The summed E-state index contributed by atoms with van der Waals surface area (Å²) in [7, 11) is 0. The lowest BCUT2D eigenvalue weighted by Crippen LogP contribution is -2.16.